The number of nitrogens with one attached hydrogen (secondary N) is 1. The molecule has 0 bridgehead atoms. The summed E-state index contributed by atoms with van der Waals surface area (Å²) in [6, 6.07) is 6.73. The average molecular weight is 248 g/mol. The molecule has 0 radical (unpaired) electrons. The van der Waals surface area contributed by atoms with E-state index < -0.39 is 0 Å². The Labute approximate surface area is 109 Å². The molecule has 0 saturated carbocycles. The van der Waals surface area contributed by atoms with Gasteiger partial charge in [-0.1, -0.05) is 19.9 Å². The Hall–Kier alpha value is -1.06. The van der Waals surface area contributed by atoms with E-state index in [-0.39, 0.29) is 12.6 Å². The van der Waals surface area contributed by atoms with E-state index in [9.17, 15) is 5.11 Å². The van der Waals surface area contributed by atoms with Crippen LogP contribution in [0.4, 0.5) is 5.69 Å². The molecule has 1 aromatic carbocycles. The van der Waals surface area contributed by atoms with Crippen molar-refractivity contribution in [2.75, 3.05) is 12.3 Å². The zero-order chi connectivity index (χ0) is 13.1. The van der Waals surface area contributed by atoms with Gasteiger partial charge in [0.15, 0.2) is 0 Å². The predicted molar refractivity (Wildman–Crippen MR) is 75.4 cm³/mol. The third-order valence-corrected chi connectivity index (χ3v) is 3.66. The highest BCUT2D eigenvalue weighted by molar-refractivity contribution is 5.47. The van der Waals surface area contributed by atoms with Crippen LogP contribution in [0.2, 0.25) is 0 Å². The van der Waals surface area contributed by atoms with E-state index >= 15 is 0 Å². The van der Waals surface area contributed by atoms with Crippen LogP contribution in [-0.2, 0) is 6.42 Å². The number of fused-ring (bicyclic) bond motifs is 1. The summed E-state index contributed by atoms with van der Waals surface area (Å²) in [5.41, 5.74) is 9.36. The van der Waals surface area contributed by atoms with E-state index in [0.29, 0.717) is 12.0 Å². The van der Waals surface area contributed by atoms with Crippen molar-refractivity contribution in [1.29, 1.82) is 0 Å². The summed E-state index contributed by atoms with van der Waals surface area (Å²) in [5, 5.41) is 13.0. The number of nitrogens with two attached hydrogens (primary N) is 1. The summed E-state index contributed by atoms with van der Waals surface area (Å²) < 4.78 is 0. The minimum absolute atomic E-state index is 0.193. The standard InChI is InChI=1S/C15H24N2O/c1-10(2)7-13(9-18)17-15-6-3-11-8-12(16)4-5-14(11)15/h4-5,8,10,13,15,17-18H,3,6-7,9,16H2,1-2H3. The van der Waals surface area contributed by atoms with Gasteiger partial charge >= 0.3 is 0 Å². The Morgan fingerprint density at radius 3 is 2.89 bits per heavy atom. The summed E-state index contributed by atoms with van der Waals surface area (Å²) in [6.07, 6.45) is 3.20. The second kappa shape index (κ2) is 5.72. The molecule has 0 heterocycles. The minimum atomic E-state index is 0.193. The molecule has 0 aliphatic heterocycles. The van der Waals surface area contributed by atoms with Gasteiger partial charge in [-0.25, -0.2) is 0 Å². The maximum Gasteiger partial charge on any atom is 0.0584 e. The van der Waals surface area contributed by atoms with Crippen LogP contribution < -0.4 is 11.1 Å². The molecule has 3 nitrogen and oxygen atoms in total. The first-order valence-corrected chi connectivity index (χ1v) is 6.85. The number of hydrogen-bond donors (Lipinski definition) is 3. The fourth-order valence-corrected chi connectivity index (χ4v) is 2.86. The lowest BCUT2D eigenvalue weighted by atomic mass is 10.0. The molecule has 4 N–H and O–H groups in total. The molecule has 2 unspecified atom stereocenters. The third kappa shape index (κ3) is 3.03. The first-order chi connectivity index (χ1) is 8.60. The van der Waals surface area contributed by atoms with Gasteiger partial charge in [0, 0.05) is 17.8 Å². The van der Waals surface area contributed by atoms with Gasteiger partial charge in [-0.3, -0.25) is 0 Å². The molecule has 0 aromatic heterocycles. The lowest BCUT2D eigenvalue weighted by Gasteiger charge is -2.23. The molecule has 1 aromatic rings. The summed E-state index contributed by atoms with van der Waals surface area (Å²) in [6.45, 7) is 4.58. The minimum Gasteiger partial charge on any atom is -0.399 e. The van der Waals surface area contributed by atoms with Crippen molar-refractivity contribution in [2.45, 2.75) is 45.2 Å². The Morgan fingerprint density at radius 2 is 2.22 bits per heavy atom. The first-order valence-electron chi connectivity index (χ1n) is 6.85. The number of nitrogen functional groups attached to an aromatic ring is 1. The maximum absolute atomic E-state index is 9.44. The van der Waals surface area contributed by atoms with Crippen molar-refractivity contribution in [3.05, 3.63) is 29.3 Å². The largest absolute Gasteiger partial charge is 0.399 e. The molecular weight excluding hydrogens is 224 g/mol. The van der Waals surface area contributed by atoms with Crippen LogP contribution in [0.25, 0.3) is 0 Å². The highest BCUT2D eigenvalue weighted by atomic mass is 16.3. The number of anilines is 1. The van der Waals surface area contributed by atoms with Gasteiger partial charge in [0.05, 0.1) is 6.61 Å². The van der Waals surface area contributed by atoms with E-state index in [2.05, 4.69) is 31.3 Å². The van der Waals surface area contributed by atoms with Crippen molar-refractivity contribution in [3.63, 3.8) is 0 Å². The Balaban J connectivity index is 2.04. The highest BCUT2D eigenvalue weighted by Gasteiger charge is 2.24. The monoisotopic (exact) mass is 248 g/mol. The summed E-state index contributed by atoms with van der Waals surface area (Å²) in [7, 11) is 0. The highest BCUT2D eigenvalue weighted by Crippen LogP contribution is 2.32. The van der Waals surface area contributed by atoms with E-state index in [0.717, 1.165) is 24.9 Å². The number of aryl methyl sites for hydroxylation is 1. The lowest BCUT2D eigenvalue weighted by molar-refractivity contribution is 0.212. The molecule has 2 rings (SSSR count). The van der Waals surface area contributed by atoms with Gasteiger partial charge in [-0.2, -0.15) is 0 Å². The van der Waals surface area contributed by atoms with Gasteiger partial charge in [0.1, 0.15) is 0 Å². The first kappa shape index (κ1) is 13.4. The van der Waals surface area contributed by atoms with Crippen molar-refractivity contribution in [3.8, 4) is 0 Å². The zero-order valence-electron chi connectivity index (χ0n) is 11.3. The van der Waals surface area contributed by atoms with Crippen molar-refractivity contribution in [2.24, 2.45) is 5.92 Å². The van der Waals surface area contributed by atoms with Crippen molar-refractivity contribution >= 4 is 5.69 Å². The molecule has 18 heavy (non-hydrogen) atoms. The number of aliphatic hydroxyl groups excluding tert-OH is 1. The average Bonchev–Trinajstić information content (AvgIpc) is 2.70. The van der Waals surface area contributed by atoms with Gasteiger partial charge < -0.3 is 16.2 Å². The quantitative estimate of drug-likeness (QED) is 0.700. The van der Waals surface area contributed by atoms with E-state index in [1.165, 1.54) is 11.1 Å². The number of aliphatic hydroxyl groups is 1. The van der Waals surface area contributed by atoms with E-state index in [1.54, 1.807) is 0 Å². The summed E-state index contributed by atoms with van der Waals surface area (Å²) in [4.78, 5) is 0. The zero-order valence-corrected chi connectivity index (χ0v) is 11.3. The van der Waals surface area contributed by atoms with Gasteiger partial charge in [0.2, 0.25) is 0 Å². The van der Waals surface area contributed by atoms with Crippen LogP contribution >= 0.6 is 0 Å². The van der Waals surface area contributed by atoms with Crippen molar-refractivity contribution in [1.82, 2.24) is 5.32 Å². The van der Waals surface area contributed by atoms with E-state index in [4.69, 9.17) is 5.73 Å². The molecule has 0 amide bonds. The Morgan fingerprint density at radius 1 is 1.44 bits per heavy atom. The molecule has 1 aliphatic rings. The van der Waals surface area contributed by atoms with Crippen LogP contribution in [0, 0.1) is 5.92 Å². The third-order valence-electron chi connectivity index (χ3n) is 3.66. The van der Waals surface area contributed by atoms with Gasteiger partial charge in [0.25, 0.3) is 0 Å². The number of benzene rings is 1. The van der Waals surface area contributed by atoms with Crippen LogP contribution in [0.15, 0.2) is 18.2 Å². The molecular formula is C15H24N2O. The fourth-order valence-electron chi connectivity index (χ4n) is 2.86. The topological polar surface area (TPSA) is 58.3 Å². The van der Waals surface area contributed by atoms with Gasteiger partial charge in [-0.15, -0.1) is 0 Å². The van der Waals surface area contributed by atoms with Gasteiger partial charge in [-0.05, 0) is 48.4 Å². The smallest absolute Gasteiger partial charge is 0.0584 e. The fraction of sp³-hybridized carbons (Fsp3) is 0.600. The molecule has 1 aliphatic carbocycles. The number of rotatable bonds is 5. The normalized spacial score (nSPS) is 20.1. The second-order valence-electron chi connectivity index (χ2n) is 5.73. The molecule has 0 spiro atoms. The van der Waals surface area contributed by atoms with Crippen molar-refractivity contribution < 1.29 is 5.11 Å². The number of hydrogen-bond acceptors (Lipinski definition) is 3. The Kier molecular flexibility index (Phi) is 4.25. The van der Waals surface area contributed by atoms with E-state index in [1.807, 2.05) is 6.07 Å². The summed E-state index contributed by atoms with van der Waals surface area (Å²) >= 11 is 0. The SMILES string of the molecule is CC(C)CC(CO)NC1CCc2cc(N)ccc21. The molecule has 2 atom stereocenters. The predicted octanol–water partition coefficient (Wildman–Crippen LogP) is 2.25. The lowest BCUT2D eigenvalue weighted by Crippen LogP contribution is -2.36. The van der Waals surface area contributed by atoms with Crippen LogP contribution in [0.5, 0.6) is 0 Å². The molecule has 0 fully saturated rings. The second-order valence-corrected chi connectivity index (χ2v) is 5.73. The van der Waals surface area contributed by atoms with Crippen LogP contribution in [-0.4, -0.2) is 17.8 Å². The van der Waals surface area contributed by atoms with Crippen LogP contribution in [0.1, 0.15) is 43.9 Å². The summed E-state index contributed by atoms with van der Waals surface area (Å²) in [5.74, 6) is 0.599. The molecule has 3 heteroatoms. The maximum atomic E-state index is 9.44. The molecule has 100 valence electrons. The Bertz CT molecular complexity index is 403. The molecule has 0 saturated heterocycles. The van der Waals surface area contributed by atoms with Crippen LogP contribution in [0.3, 0.4) is 0 Å².